The van der Waals surface area contributed by atoms with Gasteiger partial charge in [-0.15, -0.1) is 11.3 Å². The molecule has 1 aliphatic rings. The largest absolute Gasteiger partial charge is 0.293 e. The van der Waals surface area contributed by atoms with Gasteiger partial charge in [0.2, 0.25) is 0 Å². The lowest BCUT2D eigenvalue weighted by Crippen LogP contribution is -2.22. The molecule has 0 unspecified atom stereocenters. The molecule has 1 saturated carbocycles. The highest BCUT2D eigenvalue weighted by Gasteiger charge is 2.29. The number of aromatic nitrogens is 2. The Hall–Kier alpha value is -1.92. The summed E-state index contributed by atoms with van der Waals surface area (Å²) in [7, 11) is 0. The van der Waals surface area contributed by atoms with Gasteiger partial charge in [0.1, 0.15) is 4.83 Å². The fourth-order valence-corrected chi connectivity index (χ4v) is 4.27. The molecule has 0 amide bonds. The first kappa shape index (κ1) is 14.7. The van der Waals surface area contributed by atoms with E-state index in [0.717, 1.165) is 17.7 Å². The van der Waals surface area contributed by atoms with Gasteiger partial charge in [-0.2, -0.15) is 0 Å². The summed E-state index contributed by atoms with van der Waals surface area (Å²) in [6.45, 7) is 0. The molecule has 4 nitrogen and oxygen atoms in total. The number of carbonyl (C=O) groups excluding carboxylic acids is 1. The quantitative estimate of drug-likeness (QED) is 0.402. The highest BCUT2D eigenvalue weighted by Crippen LogP contribution is 2.37. The van der Waals surface area contributed by atoms with Crippen molar-refractivity contribution in [1.29, 1.82) is 0 Å². The van der Waals surface area contributed by atoms with Crippen molar-refractivity contribution in [1.82, 2.24) is 9.55 Å². The number of thioether (sulfide) groups is 1. The van der Waals surface area contributed by atoms with Gasteiger partial charge in [0.15, 0.2) is 10.9 Å². The number of rotatable bonds is 5. The summed E-state index contributed by atoms with van der Waals surface area (Å²) in [5.41, 5.74) is 0.714. The average Bonchev–Trinajstić information content (AvgIpc) is 3.30. The molecule has 4 rings (SSSR count). The molecule has 1 aromatic carbocycles. The molecule has 3 aromatic rings. The minimum absolute atomic E-state index is 0.0217. The van der Waals surface area contributed by atoms with E-state index in [9.17, 15) is 9.59 Å². The van der Waals surface area contributed by atoms with E-state index in [1.165, 1.54) is 23.1 Å². The number of Topliss-reactive ketones (excluding diaryl/α,β-unsaturated/α-hetero) is 1. The van der Waals surface area contributed by atoms with E-state index in [1.807, 2.05) is 41.8 Å². The first-order valence-corrected chi connectivity index (χ1v) is 9.31. The number of ketones is 1. The molecule has 0 aliphatic heterocycles. The molecule has 2 heterocycles. The van der Waals surface area contributed by atoms with E-state index < -0.39 is 0 Å². The zero-order valence-corrected chi connectivity index (χ0v) is 13.9. The van der Waals surface area contributed by atoms with Crippen LogP contribution in [0.25, 0.3) is 10.2 Å². The van der Waals surface area contributed by atoms with Crippen molar-refractivity contribution in [2.75, 3.05) is 5.75 Å². The van der Waals surface area contributed by atoms with Gasteiger partial charge in [0.25, 0.3) is 5.56 Å². The standard InChI is InChI=1S/C17H14N2O2S2/c20-14(11-4-2-1-3-5-11)10-23-17-18-15-13(8-9-22-15)16(21)19(17)12-6-7-12/h1-5,8-9,12H,6-7,10H2. The van der Waals surface area contributed by atoms with Gasteiger partial charge >= 0.3 is 0 Å². The molecular formula is C17H14N2O2S2. The normalized spacial score (nSPS) is 14.3. The number of thiophene rings is 1. The number of hydrogen-bond donors (Lipinski definition) is 0. The number of benzene rings is 1. The second-order valence-electron chi connectivity index (χ2n) is 5.52. The first-order chi connectivity index (χ1) is 11.2. The predicted octanol–water partition coefficient (Wildman–Crippen LogP) is 3.77. The maximum Gasteiger partial charge on any atom is 0.263 e. The lowest BCUT2D eigenvalue weighted by atomic mass is 10.2. The minimum atomic E-state index is 0.0217. The highest BCUT2D eigenvalue weighted by molar-refractivity contribution is 7.99. The first-order valence-electron chi connectivity index (χ1n) is 7.45. The van der Waals surface area contributed by atoms with Crippen LogP contribution >= 0.6 is 23.1 Å². The molecule has 0 saturated heterocycles. The van der Waals surface area contributed by atoms with Gasteiger partial charge in [0, 0.05) is 11.6 Å². The SMILES string of the molecule is O=C(CSc1nc2sccc2c(=O)n1C1CC1)c1ccccc1. The van der Waals surface area contributed by atoms with Crippen molar-refractivity contribution in [3.05, 3.63) is 57.7 Å². The van der Waals surface area contributed by atoms with Crippen LogP contribution in [0, 0.1) is 0 Å². The smallest absolute Gasteiger partial charge is 0.263 e. The molecule has 23 heavy (non-hydrogen) atoms. The van der Waals surface area contributed by atoms with Crippen LogP contribution in [0.1, 0.15) is 29.2 Å². The van der Waals surface area contributed by atoms with Crippen molar-refractivity contribution in [2.45, 2.75) is 24.0 Å². The van der Waals surface area contributed by atoms with Crippen LogP contribution in [-0.4, -0.2) is 21.1 Å². The lowest BCUT2D eigenvalue weighted by Gasteiger charge is -2.10. The molecule has 0 N–H and O–H groups in total. The Morgan fingerprint density at radius 2 is 2.04 bits per heavy atom. The van der Waals surface area contributed by atoms with Crippen molar-refractivity contribution in [2.24, 2.45) is 0 Å². The van der Waals surface area contributed by atoms with Crippen molar-refractivity contribution < 1.29 is 4.79 Å². The third-order valence-corrected chi connectivity index (χ3v) is 5.60. The number of nitrogens with zero attached hydrogens (tertiary/aromatic N) is 2. The van der Waals surface area contributed by atoms with E-state index in [1.54, 1.807) is 4.57 Å². The Kier molecular flexibility index (Phi) is 3.79. The molecule has 116 valence electrons. The van der Waals surface area contributed by atoms with Crippen molar-refractivity contribution in [3.8, 4) is 0 Å². The van der Waals surface area contributed by atoms with Gasteiger partial charge in [0.05, 0.1) is 11.1 Å². The third-order valence-electron chi connectivity index (χ3n) is 3.84. The maximum atomic E-state index is 12.6. The van der Waals surface area contributed by atoms with Gasteiger partial charge in [-0.1, -0.05) is 42.1 Å². The molecule has 1 fully saturated rings. The third kappa shape index (κ3) is 2.84. The monoisotopic (exact) mass is 342 g/mol. The van der Waals surface area contributed by atoms with E-state index >= 15 is 0 Å². The van der Waals surface area contributed by atoms with Crippen molar-refractivity contribution in [3.63, 3.8) is 0 Å². The molecule has 0 spiro atoms. The van der Waals surface area contributed by atoms with Crippen LogP contribution in [0.15, 0.2) is 51.7 Å². The zero-order valence-electron chi connectivity index (χ0n) is 12.3. The average molecular weight is 342 g/mol. The summed E-state index contributed by atoms with van der Waals surface area (Å²) in [5.74, 6) is 0.346. The molecule has 0 radical (unpaired) electrons. The van der Waals surface area contributed by atoms with E-state index in [-0.39, 0.29) is 17.4 Å². The van der Waals surface area contributed by atoms with Crippen LogP contribution in [0.3, 0.4) is 0 Å². The van der Waals surface area contributed by atoms with Gasteiger partial charge in [-0.3, -0.25) is 14.2 Å². The molecule has 2 aromatic heterocycles. The van der Waals surface area contributed by atoms with Gasteiger partial charge < -0.3 is 0 Å². The van der Waals surface area contributed by atoms with E-state index in [0.29, 0.717) is 21.9 Å². The zero-order chi connectivity index (χ0) is 15.8. The Morgan fingerprint density at radius 3 is 2.78 bits per heavy atom. The Balaban J connectivity index is 1.65. The second kappa shape index (κ2) is 5.94. The van der Waals surface area contributed by atoms with Gasteiger partial charge in [-0.25, -0.2) is 4.98 Å². The van der Waals surface area contributed by atoms with Crippen LogP contribution in [0.5, 0.6) is 0 Å². The highest BCUT2D eigenvalue weighted by atomic mass is 32.2. The summed E-state index contributed by atoms with van der Waals surface area (Å²) in [6, 6.07) is 11.3. The molecular weight excluding hydrogens is 328 g/mol. The minimum Gasteiger partial charge on any atom is -0.293 e. The molecule has 1 aliphatic carbocycles. The topological polar surface area (TPSA) is 52.0 Å². The van der Waals surface area contributed by atoms with Crippen LogP contribution in [0.4, 0.5) is 0 Å². The Morgan fingerprint density at radius 1 is 1.26 bits per heavy atom. The maximum absolute atomic E-state index is 12.6. The molecule has 0 bridgehead atoms. The van der Waals surface area contributed by atoms with Crippen molar-refractivity contribution >= 4 is 39.1 Å². The summed E-state index contributed by atoms with van der Waals surface area (Å²) >= 11 is 2.82. The summed E-state index contributed by atoms with van der Waals surface area (Å²) in [4.78, 5) is 30.3. The fourth-order valence-electron chi connectivity index (χ4n) is 2.50. The predicted molar refractivity (Wildman–Crippen MR) is 93.6 cm³/mol. The summed E-state index contributed by atoms with van der Waals surface area (Å²) in [5, 5.41) is 3.23. The van der Waals surface area contributed by atoms with Crippen LogP contribution < -0.4 is 5.56 Å². The number of hydrogen-bond acceptors (Lipinski definition) is 5. The lowest BCUT2D eigenvalue weighted by molar-refractivity contribution is 0.102. The molecule has 0 atom stereocenters. The van der Waals surface area contributed by atoms with Gasteiger partial charge in [-0.05, 0) is 24.3 Å². The molecule has 6 heteroatoms. The van der Waals surface area contributed by atoms with E-state index in [4.69, 9.17) is 0 Å². The Labute approximate surface area is 141 Å². The number of carbonyl (C=O) groups is 1. The Bertz CT molecular complexity index is 927. The van der Waals surface area contributed by atoms with Crippen LogP contribution in [-0.2, 0) is 0 Å². The fraction of sp³-hybridized carbons (Fsp3) is 0.235. The summed E-state index contributed by atoms with van der Waals surface area (Å²) in [6.07, 6.45) is 2.02. The van der Waals surface area contributed by atoms with E-state index in [2.05, 4.69) is 4.98 Å². The second-order valence-corrected chi connectivity index (χ2v) is 7.36. The summed E-state index contributed by atoms with van der Waals surface area (Å²) < 4.78 is 1.78. The van der Waals surface area contributed by atoms with Crippen LogP contribution in [0.2, 0.25) is 0 Å². The number of fused-ring (bicyclic) bond motifs is 1.